The maximum atomic E-state index is 4.02. The predicted molar refractivity (Wildman–Crippen MR) is 69.4 cm³/mol. The molecule has 2 aromatic rings. The van der Waals surface area contributed by atoms with Crippen molar-refractivity contribution in [3.8, 4) is 0 Å². The lowest BCUT2D eigenvalue weighted by atomic mass is 9.96. The monoisotopic (exact) mass is 229 g/mol. The fourth-order valence-corrected chi connectivity index (χ4v) is 2.00. The molecule has 0 radical (unpaired) electrons. The van der Waals surface area contributed by atoms with E-state index in [0.717, 1.165) is 12.2 Å². The topological polar surface area (TPSA) is 40.7 Å². The van der Waals surface area contributed by atoms with Crippen LogP contribution in [0, 0.1) is 5.92 Å². The zero-order valence-corrected chi connectivity index (χ0v) is 10.4. The van der Waals surface area contributed by atoms with Crippen molar-refractivity contribution >= 4 is 0 Å². The number of nitrogens with one attached hydrogen (secondary N) is 2. The predicted octanol–water partition coefficient (Wildman–Crippen LogP) is 2.90. The molecule has 0 aliphatic heterocycles. The molecule has 2 N–H and O–H groups in total. The van der Waals surface area contributed by atoms with E-state index in [4.69, 9.17) is 0 Å². The van der Waals surface area contributed by atoms with Crippen molar-refractivity contribution in [2.24, 2.45) is 5.92 Å². The summed E-state index contributed by atoms with van der Waals surface area (Å²) in [5, 5.41) is 3.57. The Balaban J connectivity index is 2.03. The van der Waals surface area contributed by atoms with Crippen LogP contribution in [0.25, 0.3) is 0 Å². The van der Waals surface area contributed by atoms with Gasteiger partial charge in [-0.15, -0.1) is 0 Å². The van der Waals surface area contributed by atoms with Crippen LogP contribution in [0.15, 0.2) is 42.9 Å². The van der Waals surface area contributed by atoms with Gasteiger partial charge in [-0.2, -0.15) is 0 Å². The number of benzene rings is 1. The molecule has 1 aromatic carbocycles. The summed E-state index contributed by atoms with van der Waals surface area (Å²) < 4.78 is 0. The maximum absolute atomic E-state index is 4.02. The van der Waals surface area contributed by atoms with Gasteiger partial charge in [-0.3, -0.25) is 0 Å². The Morgan fingerprint density at radius 1 is 1.24 bits per heavy atom. The van der Waals surface area contributed by atoms with Crippen LogP contribution in [0.5, 0.6) is 0 Å². The van der Waals surface area contributed by atoms with Crippen LogP contribution in [0.2, 0.25) is 0 Å². The van der Waals surface area contributed by atoms with Gasteiger partial charge in [0.25, 0.3) is 0 Å². The molecular formula is C14H19N3. The SMILES string of the molecule is CC(C)C(NCc1cnc[nH]1)c1ccccc1. The number of imidazole rings is 1. The Bertz CT molecular complexity index is 420. The highest BCUT2D eigenvalue weighted by Crippen LogP contribution is 2.21. The number of hydrogen-bond donors (Lipinski definition) is 2. The van der Waals surface area contributed by atoms with Gasteiger partial charge in [-0.25, -0.2) is 4.98 Å². The van der Waals surface area contributed by atoms with Crippen molar-refractivity contribution in [1.82, 2.24) is 15.3 Å². The van der Waals surface area contributed by atoms with E-state index in [1.807, 2.05) is 6.20 Å². The summed E-state index contributed by atoms with van der Waals surface area (Å²) in [6.07, 6.45) is 3.57. The average Bonchev–Trinajstić information content (AvgIpc) is 2.83. The van der Waals surface area contributed by atoms with E-state index < -0.39 is 0 Å². The first-order valence-electron chi connectivity index (χ1n) is 6.03. The Morgan fingerprint density at radius 3 is 2.59 bits per heavy atom. The maximum Gasteiger partial charge on any atom is 0.0922 e. The lowest BCUT2D eigenvalue weighted by molar-refractivity contribution is 0.409. The third kappa shape index (κ3) is 3.17. The number of aromatic amines is 1. The standard InChI is InChI=1S/C14H19N3/c1-11(2)14(12-6-4-3-5-7-12)16-9-13-8-15-10-17-13/h3-8,10-11,14,16H,9H2,1-2H3,(H,15,17). The van der Waals surface area contributed by atoms with Gasteiger partial charge < -0.3 is 10.3 Å². The zero-order chi connectivity index (χ0) is 12.1. The number of aromatic nitrogens is 2. The molecule has 1 unspecified atom stereocenters. The molecule has 0 saturated carbocycles. The summed E-state index contributed by atoms with van der Waals surface area (Å²) in [5.41, 5.74) is 2.45. The minimum absolute atomic E-state index is 0.375. The molecular weight excluding hydrogens is 210 g/mol. The summed E-state index contributed by atoms with van der Waals surface area (Å²) in [6.45, 7) is 5.28. The first kappa shape index (κ1) is 11.9. The lowest BCUT2D eigenvalue weighted by Gasteiger charge is -2.22. The van der Waals surface area contributed by atoms with E-state index in [2.05, 4.69) is 59.5 Å². The average molecular weight is 229 g/mol. The molecule has 1 aromatic heterocycles. The number of H-pyrrole nitrogens is 1. The van der Waals surface area contributed by atoms with Gasteiger partial charge in [0.2, 0.25) is 0 Å². The summed E-state index contributed by atoms with van der Waals surface area (Å²) in [4.78, 5) is 7.13. The van der Waals surface area contributed by atoms with E-state index in [-0.39, 0.29) is 0 Å². The normalized spacial score (nSPS) is 12.9. The van der Waals surface area contributed by atoms with Crippen LogP contribution in [-0.4, -0.2) is 9.97 Å². The summed E-state index contributed by atoms with van der Waals surface area (Å²) in [6, 6.07) is 10.9. The van der Waals surface area contributed by atoms with E-state index in [1.165, 1.54) is 5.56 Å². The minimum atomic E-state index is 0.375. The molecule has 90 valence electrons. The second kappa shape index (κ2) is 5.64. The Hall–Kier alpha value is -1.61. The number of nitrogens with zero attached hydrogens (tertiary/aromatic N) is 1. The third-order valence-corrected chi connectivity index (χ3v) is 2.89. The molecule has 1 atom stereocenters. The molecule has 1 heterocycles. The second-order valence-electron chi connectivity index (χ2n) is 4.59. The third-order valence-electron chi connectivity index (χ3n) is 2.89. The zero-order valence-electron chi connectivity index (χ0n) is 10.4. The highest BCUT2D eigenvalue weighted by molar-refractivity contribution is 5.19. The Morgan fingerprint density at radius 2 is 2.00 bits per heavy atom. The molecule has 0 bridgehead atoms. The number of rotatable bonds is 5. The summed E-state index contributed by atoms with van der Waals surface area (Å²) in [5.74, 6) is 0.556. The van der Waals surface area contributed by atoms with Crippen LogP contribution < -0.4 is 5.32 Å². The molecule has 0 aliphatic carbocycles. The van der Waals surface area contributed by atoms with Crippen LogP contribution >= 0.6 is 0 Å². The second-order valence-corrected chi connectivity index (χ2v) is 4.59. The number of hydrogen-bond acceptors (Lipinski definition) is 2. The summed E-state index contributed by atoms with van der Waals surface area (Å²) >= 11 is 0. The van der Waals surface area contributed by atoms with Gasteiger partial charge in [-0.05, 0) is 11.5 Å². The molecule has 3 heteroatoms. The molecule has 0 amide bonds. The van der Waals surface area contributed by atoms with Gasteiger partial charge in [-0.1, -0.05) is 44.2 Å². The lowest BCUT2D eigenvalue weighted by Crippen LogP contribution is -2.25. The van der Waals surface area contributed by atoms with Crippen molar-refractivity contribution in [3.63, 3.8) is 0 Å². The van der Waals surface area contributed by atoms with E-state index in [0.29, 0.717) is 12.0 Å². The Labute approximate surface area is 102 Å². The van der Waals surface area contributed by atoms with Gasteiger partial charge in [0.1, 0.15) is 0 Å². The highest BCUT2D eigenvalue weighted by atomic mass is 15.0. The van der Waals surface area contributed by atoms with Crippen LogP contribution in [0.3, 0.4) is 0 Å². The van der Waals surface area contributed by atoms with E-state index in [9.17, 15) is 0 Å². The first-order valence-corrected chi connectivity index (χ1v) is 6.03. The van der Waals surface area contributed by atoms with Crippen LogP contribution in [0.1, 0.15) is 31.1 Å². The molecule has 3 nitrogen and oxygen atoms in total. The molecule has 2 rings (SSSR count). The summed E-state index contributed by atoms with van der Waals surface area (Å²) in [7, 11) is 0. The van der Waals surface area contributed by atoms with Crippen molar-refractivity contribution in [2.75, 3.05) is 0 Å². The van der Waals surface area contributed by atoms with Crippen LogP contribution in [0.4, 0.5) is 0 Å². The van der Waals surface area contributed by atoms with Crippen molar-refractivity contribution in [2.45, 2.75) is 26.4 Å². The molecule has 0 aliphatic rings. The van der Waals surface area contributed by atoms with Gasteiger partial charge >= 0.3 is 0 Å². The largest absolute Gasteiger partial charge is 0.347 e. The minimum Gasteiger partial charge on any atom is -0.347 e. The fourth-order valence-electron chi connectivity index (χ4n) is 2.00. The molecule has 17 heavy (non-hydrogen) atoms. The van der Waals surface area contributed by atoms with E-state index in [1.54, 1.807) is 6.33 Å². The molecule has 0 spiro atoms. The molecule has 0 saturated heterocycles. The first-order chi connectivity index (χ1) is 8.27. The fraction of sp³-hybridized carbons (Fsp3) is 0.357. The van der Waals surface area contributed by atoms with E-state index >= 15 is 0 Å². The smallest absolute Gasteiger partial charge is 0.0922 e. The highest BCUT2D eigenvalue weighted by Gasteiger charge is 2.14. The molecule has 0 fully saturated rings. The van der Waals surface area contributed by atoms with Crippen molar-refractivity contribution in [1.29, 1.82) is 0 Å². The Kier molecular flexibility index (Phi) is 3.94. The van der Waals surface area contributed by atoms with Crippen molar-refractivity contribution < 1.29 is 0 Å². The quantitative estimate of drug-likeness (QED) is 0.827. The van der Waals surface area contributed by atoms with Gasteiger partial charge in [0, 0.05) is 24.5 Å². The van der Waals surface area contributed by atoms with Gasteiger partial charge in [0.05, 0.1) is 6.33 Å². The van der Waals surface area contributed by atoms with Crippen LogP contribution in [-0.2, 0) is 6.54 Å². The van der Waals surface area contributed by atoms with Gasteiger partial charge in [0.15, 0.2) is 0 Å². The van der Waals surface area contributed by atoms with Crippen molar-refractivity contribution in [3.05, 3.63) is 54.1 Å².